The van der Waals surface area contributed by atoms with Gasteiger partial charge in [0.25, 0.3) is 0 Å². The average Bonchev–Trinajstić information content (AvgIpc) is 3.36. The van der Waals surface area contributed by atoms with Crippen molar-refractivity contribution in [1.82, 2.24) is 0 Å². The Hall–Kier alpha value is -3.41. The van der Waals surface area contributed by atoms with Crippen molar-refractivity contribution in [2.24, 2.45) is 0 Å². The molecule has 0 aromatic carbocycles. The summed E-state index contributed by atoms with van der Waals surface area (Å²) in [6, 6.07) is 0. The second-order valence-electron chi connectivity index (χ2n) is 18.3. The Morgan fingerprint density at radius 2 is 0.829 bits per heavy atom. The lowest BCUT2D eigenvalue weighted by molar-refractivity contribution is -0.305. The van der Waals surface area contributed by atoms with Crippen LogP contribution in [0.15, 0.2) is 122 Å². The number of aliphatic hydroxyl groups is 4. The van der Waals surface area contributed by atoms with Gasteiger partial charge >= 0.3 is 5.97 Å². The number of unbranched alkanes of at least 4 members (excludes halogenated alkanes) is 15. The fraction of sp³-hybridized carbons (Fsp3) is 0.656. The van der Waals surface area contributed by atoms with Gasteiger partial charge in [0.1, 0.15) is 30.5 Å². The van der Waals surface area contributed by atoms with E-state index in [-0.39, 0.29) is 25.6 Å². The maximum Gasteiger partial charge on any atom is 0.306 e. The molecule has 398 valence electrons. The molecule has 0 radical (unpaired) electrons. The number of carbonyl (C=O) groups excluding carboxylic acids is 1. The van der Waals surface area contributed by atoms with Crippen molar-refractivity contribution in [3.63, 3.8) is 0 Å². The summed E-state index contributed by atoms with van der Waals surface area (Å²) in [5.74, 6) is -0.343. The van der Waals surface area contributed by atoms with Gasteiger partial charge in [-0.05, 0) is 103 Å². The number of hydrogen-bond donors (Lipinski definition) is 4. The normalized spacial score (nSPS) is 19.9. The molecular weight excluding hydrogens is 877 g/mol. The number of rotatable bonds is 46. The topological polar surface area (TPSA) is 135 Å². The van der Waals surface area contributed by atoms with E-state index in [0.29, 0.717) is 6.61 Å². The fourth-order valence-electron chi connectivity index (χ4n) is 7.66. The van der Waals surface area contributed by atoms with E-state index in [1.807, 2.05) is 0 Å². The molecule has 0 bridgehead atoms. The molecule has 1 fully saturated rings. The maximum atomic E-state index is 12.9. The Balaban J connectivity index is 2.22. The summed E-state index contributed by atoms with van der Waals surface area (Å²) >= 11 is 0. The van der Waals surface area contributed by atoms with Crippen molar-refractivity contribution < 1.29 is 44.2 Å². The molecule has 4 N–H and O–H groups in total. The van der Waals surface area contributed by atoms with Crippen LogP contribution >= 0.6 is 0 Å². The summed E-state index contributed by atoms with van der Waals surface area (Å²) in [7, 11) is 0. The number of aliphatic hydroxyl groups excluding tert-OH is 4. The summed E-state index contributed by atoms with van der Waals surface area (Å²) in [4.78, 5) is 12.9. The summed E-state index contributed by atoms with van der Waals surface area (Å²) in [5, 5.41) is 40.3. The van der Waals surface area contributed by atoms with E-state index >= 15 is 0 Å². The lowest BCUT2D eigenvalue weighted by Gasteiger charge is -2.39. The highest BCUT2D eigenvalue weighted by molar-refractivity contribution is 5.69. The molecule has 1 aliphatic heterocycles. The highest BCUT2D eigenvalue weighted by Crippen LogP contribution is 2.23. The molecule has 6 unspecified atom stereocenters. The standard InChI is InChI=1S/C61H100O9/c1-3-5-7-9-11-13-15-17-19-21-23-25-27-29-31-33-35-37-39-41-43-45-47-49-51-67-53-55(54-68-61-60(66)59(65)58(64)56(52-62)70-61)69-57(63)50-48-46-44-42-40-38-36-34-32-30-28-26-24-22-20-18-16-14-12-10-8-6-4-2/h5-8,11-14,17-20,23-26,30,32,36,38,55-56,58-62,64-66H,3-4,9-10,15-16,21-22,27-29,31,33-35,37,39-54H2,1-2H3/b7-5-,8-6-,13-11-,14-12-,19-17-,20-18-,25-23-,26-24-,32-30-,38-36-. The van der Waals surface area contributed by atoms with E-state index in [1.165, 1.54) is 57.8 Å². The first-order chi connectivity index (χ1) is 34.4. The highest BCUT2D eigenvalue weighted by Gasteiger charge is 2.44. The third kappa shape index (κ3) is 40.2. The molecular formula is C61H100O9. The molecule has 0 aliphatic carbocycles. The molecule has 1 saturated heterocycles. The highest BCUT2D eigenvalue weighted by atomic mass is 16.7. The molecule has 1 rings (SSSR count). The van der Waals surface area contributed by atoms with Crippen molar-refractivity contribution in [1.29, 1.82) is 0 Å². The van der Waals surface area contributed by atoms with Crippen LogP contribution in [-0.4, -0.2) is 89.6 Å². The van der Waals surface area contributed by atoms with Crippen LogP contribution in [0.2, 0.25) is 0 Å². The van der Waals surface area contributed by atoms with Gasteiger partial charge in [-0.1, -0.05) is 206 Å². The summed E-state index contributed by atoms with van der Waals surface area (Å²) in [6.07, 6.45) is 66.6. The largest absolute Gasteiger partial charge is 0.457 e. The predicted octanol–water partition coefficient (Wildman–Crippen LogP) is 14.3. The predicted molar refractivity (Wildman–Crippen MR) is 292 cm³/mol. The van der Waals surface area contributed by atoms with Crippen molar-refractivity contribution in [2.75, 3.05) is 26.4 Å². The van der Waals surface area contributed by atoms with E-state index in [4.69, 9.17) is 18.9 Å². The van der Waals surface area contributed by atoms with Crippen LogP contribution in [0.3, 0.4) is 0 Å². The van der Waals surface area contributed by atoms with Crippen LogP contribution in [0.5, 0.6) is 0 Å². The Morgan fingerprint density at radius 3 is 1.24 bits per heavy atom. The van der Waals surface area contributed by atoms with Gasteiger partial charge in [-0.2, -0.15) is 0 Å². The van der Waals surface area contributed by atoms with Crippen molar-refractivity contribution in [2.45, 2.75) is 230 Å². The molecule has 70 heavy (non-hydrogen) atoms. The van der Waals surface area contributed by atoms with Crippen LogP contribution in [0, 0.1) is 0 Å². The number of carbonyl (C=O) groups is 1. The molecule has 9 nitrogen and oxygen atoms in total. The minimum Gasteiger partial charge on any atom is -0.457 e. The Morgan fingerprint density at radius 1 is 0.457 bits per heavy atom. The first-order valence-electron chi connectivity index (χ1n) is 27.6. The van der Waals surface area contributed by atoms with Crippen molar-refractivity contribution in [3.05, 3.63) is 122 Å². The average molecular weight is 977 g/mol. The van der Waals surface area contributed by atoms with Gasteiger partial charge in [0.2, 0.25) is 0 Å². The van der Waals surface area contributed by atoms with Crippen LogP contribution in [0.1, 0.15) is 194 Å². The van der Waals surface area contributed by atoms with Gasteiger partial charge in [0.05, 0.1) is 19.8 Å². The fourth-order valence-corrected chi connectivity index (χ4v) is 7.66. The quantitative estimate of drug-likeness (QED) is 0.0267. The summed E-state index contributed by atoms with van der Waals surface area (Å²) in [5.41, 5.74) is 0. The maximum absolute atomic E-state index is 12.9. The molecule has 0 aromatic heterocycles. The van der Waals surface area contributed by atoms with Gasteiger partial charge in [0.15, 0.2) is 6.29 Å². The summed E-state index contributed by atoms with van der Waals surface area (Å²) in [6.45, 7) is 4.28. The summed E-state index contributed by atoms with van der Waals surface area (Å²) < 4.78 is 22.9. The molecule has 9 heteroatoms. The van der Waals surface area contributed by atoms with Gasteiger partial charge in [-0.25, -0.2) is 0 Å². The zero-order valence-corrected chi connectivity index (χ0v) is 44.0. The van der Waals surface area contributed by atoms with Crippen LogP contribution < -0.4 is 0 Å². The minimum absolute atomic E-state index is 0.124. The zero-order chi connectivity index (χ0) is 50.6. The minimum atomic E-state index is -1.55. The zero-order valence-electron chi connectivity index (χ0n) is 44.0. The SMILES string of the molecule is CC/C=C\C/C=C\C/C=C\C/C=C\C/C=C\C/C=C\CCCCCCC(=O)OC(COCCCCCCCCCCCCC/C=C\C/C=C\C/C=C\C/C=C\CC)COC1OC(CO)C(O)C(O)C1O. The van der Waals surface area contributed by atoms with Gasteiger partial charge in [0, 0.05) is 13.0 Å². The van der Waals surface area contributed by atoms with E-state index in [9.17, 15) is 25.2 Å². The number of allylic oxidation sites excluding steroid dienone is 20. The van der Waals surface area contributed by atoms with Gasteiger partial charge in [-0.15, -0.1) is 0 Å². The van der Waals surface area contributed by atoms with Crippen LogP contribution in [-0.2, 0) is 23.7 Å². The van der Waals surface area contributed by atoms with E-state index in [1.54, 1.807) is 0 Å². The Kier molecular flexibility index (Phi) is 46.6. The first-order valence-corrected chi connectivity index (χ1v) is 27.6. The second-order valence-corrected chi connectivity index (χ2v) is 18.3. The third-order valence-corrected chi connectivity index (χ3v) is 11.9. The number of esters is 1. The molecule has 6 atom stereocenters. The molecule has 0 amide bonds. The van der Waals surface area contributed by atoms with Crippen molar-refractivity contribution >= 4 is 5.97 Å². The Labute approximate surface area is 427 Å². The molecule has 0 spiro atoms. The first kappa shape index (κ1) is 64.6. The monoisotopic (exact) mass is 977 g/mol. The number of hydrogen-bond acceptors (Lipinski definition) is 9. The smallest absolute Gasteiger partial charge is 0.306 e. The lowest BCUT2D eigenvalue weighted by atomic mass is 9.99. The van der Waals surface area contributed by atoms with Crippen molar-refractivity contribution in [3.8, 4) is 0 Å². The van der Waals surface area contributed by atoms with E-state index < -0.39 is 43.4 Å². The van der Waals surface area contributed by atoms with E-state index in [2.05, 4.69) is 135 Å². The van der Waals surface area contributed by atoms with Crippen LogP contribution in [0.4, 0.5) is 0 Å². The molecule has 0 saturated carbocycles. The molecule has 0 aromatic rings. The van der Waals surface area contributed by atoms with Gasteiger partial charge < -0.3 is 39.4 Å². The van der Waals surface area contributed by atoms with Crippen LogP contribution in [0.25, 0.3) is 0 Å². The number of ether oxygens (including phenoxy) is 4. The lowest BCUT2D eigenvalue weighted by Crippen LogP contribution is -2.59. The second kappa shape index (κ2) is 50.5. The Bertz CT molecular complexity index is 1480. The van der Waals surface area contributed by atoms with Gasteiger partial charge in [-0.3, -0.25) is 4.79 Å². The molecule has 1 heterocycles. The van der Waals surface area contributed by atoms with E-state index in [0.717, 1.165) is 116 Å². The third-order valence-electron chi connectivity index (χ3n) is 11.9. The molecule has 1 aliphatic rings.